The lowest BCUT2D eigenvalue weighted by Gasteiger charge is -2.29. The van der Waals surface area contributed by atoms with Gasteiger partial charge >= 0.3 is 0 Å². The second kappa shape index (κ2) is 9.73. The molecule has 3 rings (SSSR count). The zero-order chi connectivity index (χ0) is 22.6. The average Bonchev–Trinajstić information content (AvgIpc) is 2.74. The van der Waals surface area contributed by atoms with Gasteiger partial charge in [0.05, 0.1) is 0 Å². The first-order valence-electron chi connectivity index (χ1n) is 11.6. The maximum absolute atomic E-state index is 6.05. The van der Waals surface area contributed by atoms with Crippen molar-refractivity contribution in [1.29, 1.82) is 0 Å². The molecule has 0 N–H and O–H groups in total. The highest BCUT2D eigenvalue weighted by Crippen LogP contribution is 2.36. The Labute approximate surface area is 189 Å². The number of benzene rings is 3. The van der Waals surface area contributed by atoms with Gasteiger partial charge in [-0.25, -0.2) is 0 Å². The van der Waals surface area contributed by atoms with Crippen LogP contribution in [0.2, 0.25) is 0 Å². The Bertz CT molecular complexity index is 945. The Morgan fingerprint density at radius 3 is 1.39 bits per heavy atom. The predicted molar refractivity (Wildman–Crippen MR) is 134 cm³/mol. The molecule has 0 aliphatic carbocycles. The summed E-state index contributed by atoms with van der Waals surface area (Å²) < 4.78 is 6.05. The van der Waals surface area contributed by atoms with Crippen LogP contribution in [0.4, 0.5) is 0 Å². The van der Waals surface area contributed by atoms with E-state index in [2.05, 4.69) is 121 Å². The van der Waals surface area contributed by atoms with E-state index in [-0.39, 0.29) is 5.41 Å². The van der Waals surface area contributed by atoms with Gasteiger partial charge < -0.3 is 4.74 Å². The van der Waals surface area contributed by atoms with Crippen LogP contribution in [0.15, 0.2) is 72.8 Å². The highest BCUT2D eigenvalue weighted by atomic mass is 16.5. The summed E-state index contributed by atoms with van der Waals surface area (Å²) in [6.45, 7) is 15.9. The molecule has 0 heterocycles. The number of hydrogen-bond acceptors (Lipinski definition) is 1. The molecule has 1 unspecified atom stereocenters. The van der Waals surface area contributed by atoms with Gasteiger partial charge in [-0.3, -0.25) is 0 Å². The molecular formula is C30H38O. The lowest BCUT2D eigenvalue weighted by atomic mass is 9.75. The summed E-state index contributed by atoms with van der Waals surface area (Å²) >= 11 is 0. The van der Waals surface area contributed by atoms with Crippen LogP contribution in [0, 0.1) is 0 Å². The Kier molecular flexibility index (Phi) is 7.26. The maximum atomic E-state index is 6.05. The van der Waals surface area contributed by atoms with E-state index in [0.29, 0.717) is 17.8 Å². The standard InChI is InChI=1S/C30H38O/c1-21(2)24-8-14-27(15-9-24)30(6,7)20-23(5)26-12-18-29(19-13-26)31-28-16-10-25(11-17-28)22(3)4/h8-19,21-23H,20H2,1-7H3. The smallest absolute Gasteiger partial charge is 0.127 e. The van der Waals surface area contributed by atoms with Crippen molar-refractivity contribution in [2.45, 2.75) is 78.1 Å². The second-order valence-corrected chi connectivity index (χ2v) is 10.2. The van der Waals surface area contributed by atoms with Crippen LogP contribution < -0.4 is 4.74 Å². The summed E-state index contributed by atoms with van der Waals surface area (Å²) in [4.78, 5) is 0. The van der Waals surface area contributed by atoms with Crippen molar-refractivity contribution in [2.24, 2.45) is 0 Å². The highest BCUT2D eigenvalue weighted by Gasteiger charge is 2.24. The van der Waals surface area contributed by atoms with Gasteiger partial charge in [0.2, 0.25) is 0 Å². The second-order valence-electron chi connectivity index (χ2n) is 10.2. The molecule has 31 heavy (non-hydrogen) atoms. The van der Waals surface area contributed by atoms with E-state index >= 15 is 0 Å². The van der Waals surface area contributed by atoms with Gasteiger partial charge in [-0.2, -0.15) is 0 Å². The molecule has 0 fully saturated rings. The molecule has 164 valence electrons. The van der Waals surface area contributed by atoms with Crippen LogP contribution in [0.1, 0.15) is 94.9 Å². The van der Waals surface area contributed by atoms with Crippen LogP contribution in [0.25, 0.3) is 0 Å². The first-order valence-corrected chi connectivity index (χ1v) is 11.6. The highest BCUT2D eigenvalue weighted by molar-refractivity contribution is 5.36. The minimum Gasteiger partial charge on any atom is -0.457 e. The van der Waals surface area contributed by atoms with Crippen molar-refractivity contribution in [3.63, 3.8) is 0 Å². The monoisotopic (exact) mass is 414 g/mol. The summed E-state index contributed by atoms with van der Waals surface area (Å²) in [5.74, 6) is 3.35. The third-order valence-corrected chi connectivity index (χ3v) is 6.41. The summed E-state index contributed by atoms with van der Waals surface area (Å²) in [6.07, 6.45) is 1.10. The van der Waals surface area contributed by atoms with E-state index in [1.807, 2.05) is 0 Å². The Morgan fingerprint density at radius 2 is 0.968 bits per heavy atom. The van der Waals surface area contributed by atoms with Crippen LogP contribution in [0.3, 0.4) is 0 Å². The lowest BCUT2D eigenvalue weighted by Crippen LogP contribution is -2.20. The van der Waals surface area contributed by atoms with E-state index < -0.39 is 0 Å². The molecule has 3 aromatic rings. The Balaban J connectivity index is 1.64. The molecular weight excluding hydrogens is 376 g/mol. The summed E-state index contributed by atoms with van der Waals surface area (Å²) in [7, 11) is 0. The summed E-state index contributed by atoms with van der Waals surface area (Å²) in [5.41, 5.74) is 5.63. The third-order valence-electron chi connectivity index (χ3n) is 6.41. The molecule has 0 bridgehead atoms. The predicted octanol–water partition coefficient (Wildman–Crippen LogP) is 9.20. The number of ether oxygens (including phenoxy) is 1. The number of rotatable bonds is 8. The molecule has 0 saturated heterocycles. The first-order chi connectivity index (χ1) is 14.7. The average molecular weight is 415 g/mol. The maximum Gasteiger partial charge on any atom is 0.127 e. The molecule has 0 radical (unpaired) electrons. The van der Waals surface area contributed by atoms with Crippen molar-refractivity contribution < 1.29 is 4.74 Å². The van der Waals surface area contributed by atoms with E-state index in [4.69, 9.17) is 4.74 Å². The van der Waals surface area contributed by atoms with E-state index in [9.17, 15) is 0 Å². The van der Waals surface area contributed by atoms with Crippen molar-refractivity contribution in [3.8, 4) is 11.5 Å². The molecule has 0 saturated carbocycles. The summed E-state index contributed by atoms with van der Waals surface area (Å²) in [5, 5.41) is 0. The lowest BCUT2D eigenvalue weighted by molar-refractivity contribution is 0.437. The molecule has 0 amide bonds. The zero-order valence-corrected chi connectivity index (χ0v) is 20.3. The fourth-order valence-corrected chi connectivity index (χ4v) is 4.24. The molecule has 0 aromatic heterocycles. The van der Waals surface area contributed by atoms with Crippen molar-refractivity contribution in [2.75, 3.05) is 0 Å². The Hall–Kier alpha value is -2.54. The van der Waals surface area contributed by atoms with Crippen molar-refractivity contribution in [1.82, 2.24) is 0 Å². The van der Waals surface area contributed by atoms with Gasteiger partial charge in [-0.15, -0.1) is 0 Å². The van der Waals surface area contributed by atoms with E-state index in [0.717, 1.165) is 17.9 Å². The van der Waals surface area contributed by atoms with E-state index in [1.165, 1.54) is 22.3 Å². The molecule has 3 aromatic carbocycles. The van der Waals surface area contributed by atoms with Crippen molar-refractivity contribution >= 4 is 0 Å². The molecule has 0 spiro atoms. The molecule has 0 aliphatic heterocycles. The minimum atomic E-state index is 0.127. The zero-order valence-electron chi connectivity index (χ0n) is 20.3. The van der Waals surface area contributed by atoms with Crippen molar-refractivity contribution in [3.05, 3.63) is 95.1 Å². The molecule has 1 nitrogen and oxygen atoms in total. The van der Waals surface area contributed by atoms with Gasteiger partial charge in [0.1, 0.15) is 11.5 Å². The fourth-order valence-electron chi connectivity index (χ4n) is 4.24. The number of hydrogen-bond donors (Lipinski definition) is 0. The molecule has 1 heteroatoms. The fraction of sp³-hybridized carbons (Fsp3) is 0.400. The van der Waals surface area contributed by atoms with Crippen LogP contribution in [0.5, 0.6) is 11.5 Å². The molecule has 1 atom stereocenters. The minimum absolute atomic E-state index is 0.127. The SMILES string of the molecule is CC(C)c1ccc(Oc2ccc(C(C)CC(C)(C)c3ccc(C(C)C)cc3)cc2)cc1. The van der Waals surface area contributed by atoms with Crippen LogP contribution >= 0.6 is 0 Å². The van der Waals surface area contributed by atoms with Crippen LogP contribution in [-0.4, -0.2) is 0 Å². The topological polar surface area (TPSA) is 9.23 Å². The van der Waals surface area contributed by atoms with Gasteiger partial charge in [0, 0.05) is 0 Å². The van der Waals surface area contributed by atoms with Crippen LogP contribution in [-0.2, 0) is 5.41 Å². The largest absolute Gasteiger partial charge is 0.457 e. The first kappa shape index (κ1) is 23.1. The van der Waals surface area contributed by atoms with E-state index in [1.54, 1.807) is 0 Å². The quantitative estimate of drug-likeness (QED) is 0.357. The Morgan fingerprint density at radius 1 is 0.581 bits per heavy atom. The van der Waals surface area contributed by atoms with Gasteiger partial charge in [-0.1, -0.05) is 97.0 Å². The molecule has 0 aliphatic rings. The third kappa shape index (κ3) is 6.00. The van der Waals surface area contributed by atoms with Gasteiger partial charge in [-0.05, 0) is 76.1 Å². The summed E-state index contributed by atoms with van der Waals surface area (Å²) in [6, 6.07) is 26.2. The van der Waals surface area contributed by atoms with Gasteiger partial charge in [0.25, 0.3) is 0 Å². The van der Waals surface area contributed by atoms with Gasteiger partial charge in [0.15, 0.2) is 0 Å². The normalized spacial score (nSPS) is 12.9.